The summed E-state index contributed by atoms with van der Waals surface area (Å²) in [7, 11) is 0. The fourth-order valence-corrected chi connectivity index (χ4v) is 4.62. The Kier molecular flexibility index (Phi) is 7.92. The molecule has 10 heteroatoms. The van der Waals surface area contributed by atoms with Gasteiger partial charge in [-0.1, -0.05) is 44.2 Å². The summed E-state index contributed by atoms with van der Waals surface area (Å²) in [5.74, 6) is -2.18. The zero-order valence-electron chi connectivity index (χ0n) is 21.7. The van der Waals surface area contributed by atoms with E-state index in [1.54, 1.807) is 13.8 Å². The van der Waals surface area contributed by atoms with Crippen molar-refractivity contribution in [1.82, 2.24) is 5.32 Å². The Morgan fingerprint density at radius 2 is 1.75 bits per heavy atom. The van der Waals surface area contributed by atoms with Gasteiger partial charge in [0.2, 0.25) is 0 Å². The number of nitrogens with one attached hydrogen (secondary N) is 1. The van der Waals surface area contributed by atoms with Crippen LogP contribution in [-0.2, 0) is 44.6 Å². The molecule has 1 aromatic carbocycles. The van der Waals surface area contributed by atoms with Crippen molar-refractivity contribution >= 4 is 12.1 Å². The molecule has 10 nitrogen and oxygen atoms in total. The van der Waals surface area contributed by atoms with Crippen LogP contribution < -0.4 is 5.32 Å². The van der Waals surface area contributed by atoms with Gasteiger partial charge in [-0.3, -0.25) is 0 Å². The van der Waals surface area contributed by atoms with Crippen molar-refractivity contribution in [2.24, 2.45) is 5.92 Å². The van der Waals surface area contributed by atoms with Gasteiger partial charge < -0.3 is 38.5 Å². The van der Waals surface area contributed by atoms with Crippen LogP contribution >= 0.6 is 0 Å². The van der Waals surface area contributed by atoms with E-state index < -0.39 is 60.4 Å². The number of ether oxygens (including phenoxy) is 7. The third kappa shape index (κ3) is 6.54. The highest BCUT2D eigenvalue weighted by Gasteiger charge is 2.60. The van der Waals surface area contributed by atoms with Gasteiger partial charge in [0.05, 0.1) is 6.61 Å². The van der Waals surface area contributed by atoms with Gasteiger partial charge in [-0.2, -0.15) is 0 Å². The van der Waals surface area contributed by atoms with E-state index in [0.717, 1.165) is 5.56 Å². The van der Waals surface area contributed by atoms with Gasteiger partial charge >= 0.3 is 12.1 Å². The van der Waals surface area contributed by atoms with E-state index in [0.29, 0.717) is 6.42 Å². The molecule has 0 radical (unpaired) electrons. The zero-order chi connectivity index (χ0) is 26.1. The highest BCUT2D eigenvalue weighted by atomic mass is 16.8. The number of hydrogen-bond acceptors (Lipinski definition) is 9. The van der Waals surface area contributed by atoms with Crippen molar-refractivity contribution < 1.29 is 42.7 Å². The summed E-state index contributed by atoms with van der Waals surface area (Å²) in [6.07, 6.45) is -3.66. The molecule has 0 aromatic heterocycles. The summed E-state index contributed by atoms with van der Waals surface area (Å²) in [6.45, 7) is 11.4. The van der Waals surface area contributed by atoms with Crippen molar-refractivity contribution in [3.63, 3.8) is 0 Å². The van der Waals surface area contributed by atoms with Gasteiger partial charge in [-0.25, -0.2) is 9.59 Å². The average molecular weight is 508 g/mol. The molecule has 0 saturated carbocycles. The van der Waals surface area contributed by atoms with Crippen LogP contribution in [0.1, 0.15) is 53.5 Å². The molecule has 200 valence electrons. The lowest BCUT2D eigenvalue weighted by atomic mass is 10.0. The van der Waals surface area contributed by atoms with E-state index >= 15 is 0 Å². The summed E-state index contributed by atoms with van der Waals surface area (Å²) < 4.78 is 41.0. The maximum absolute atomic E-state index is 13.4. The van der Waals surface area contributed by atoms with Gasteiger partial charge in [-0.05, 0) is 45.6 Å². The Morgan fingerprint density at radius 1 is 1.03 bits per heavy atom. The monoisotopic (exact) mass is 507 g/mol. The standard InChI is InChI=1S/C26H37NO9/c1-15(2)12-17(27-24(29)30-13-16-10-8-7-9-11-16)22(28)32-20-19(18-14-31-25(3,4)34-18)33-23-21(20)35-26(5,6)36-23/h7-11,15,17-21,23H,12-14H2,1-6H3,(H,27,29). The van der Waals surface area contributed by atoms with Crippen LogP contribution in [0.15, 0.2) is 30.3 Å². The van der Waals surface area contributed by atoms with Crippen LogP contribution in [0.3, 0.4) is 0 Å². The van der Waals surface area contributed by atoms with Gasteiger partial charge in [0, 0.05) is 0 Å². The fourth-order valence-electron chi connectivity index (χ4n) is 4.62. The number of amides is 1. The van der Waals surface area contributed by atoms with Crippen molar-refractivity contribution in [3.05, 3.63) is 35.9 Å². The summed E-state index contributed by atoms with van der Waals surface area (Å²) in [5, 5.41) is 2.66. The molecule has 3 heterocycles. The first-order valence-electron chi connectivity index (χ1n) is 12.4. The van der Waals surface area contributed by atoms with Crippen LogP contribution in [0.5, 0.6) is 0 Å². The summed E-state index contributed by atoms with van der Waals surface area (Å²) in [5.41, 5.74) is 0.843. The number of fused-ring (bicyclic) bond motifs is 1. The Labute approximate surface area is 211 Å². The molecule has 0 aliphatic carbocycles. The van der Waals surface area contributed by atoms with E-state index in [9.17, 15) is 9.59 Å². The van der Waals surface area contributed by atoms with E-state index in [2.05, 4.69) is 5.32 Å². The zero-order valence-corrected chi connectivity index (χ0v) is 21.7. The van der Waals surface area contributed by atoms with E-state index in [1.165, 1.54) is 0 Å². The van der Waals surface area contributed by atoms with Crippen LogP contribution in [0, 0.1) is 5.92 Å². The van der Waals surface area contributed by atoms with Crippen LogP contribution in [0.25, 0.3) is 0 Å². The maximum atomic E-state index is 13.4. The first-order chi connectivity index (χ1) is 16.9. The molecule has 1 aromatic rings. The van der Waals surface area contributed by atoms with Gasteiger partial charge in [0.25, 0.3) is 0 Å². The molecule has 3 aliphatic rings. The summed E-state index contributed by atoms with van der Waals surface area (Å²) >= 11 is 0. The smallest absolute Gasteiger partial charge is 0.408 e. The summed E-state index contributed by atoms with van der Waals surface area (Å²) in [4.78, 5) is 25.9. The number of esters is 1. The van der Waals surface area contributed by atoms with Gasteiger partial charge in [-0.15, -0.1) is 0 Å². The first-order valence-corrected chi connectivity index (χ1v) is 12.4. The number of hydrogen-bond donors (Lipinski definition) is 1. The minimum absolute atomic E-state index is 0.0908. The molecule has 3 aliphatic heterocycles. The second kappa shape index (κ2) is 10.6. The lowest BCUT2D eigenvalue weighted by Gasteiger charge is -2.30. The number of rotatable bonds is 8. The highest BCUT2D eigenvalue weighted by molar-refractivity contribution is 5.81. The molecule has 4 rings (SSSR count). The fraction of sp³-hybridized carbons (Fsp3) is 0.692. The van der Waals surface area contributed by atoms with Crippen LogP contribution in [-0.4, -0.2) is 67.0 Å². The topological polar surface area (TPSA) is 111 Å². The number of alkyl carbamates (subject to hydrolysis) is 1. The Morgan fingerprint density at radius 3 is 2.39 bits per heavy atom. The number of carbonyl (C=O) groups is 2. The minimum Gasteiger partial charge on any atom is -0.455 e. The van der Waals surface area contributed by atoms with Crippen LogP contribution in [0.4, 0.5) is 4.79 Å². The normalized spacial score (nSPS) is 31.1. The molecule has 1 N–H and O–H groups in total. The Balaban J connectivity index is 1.44. The number of carbonyl (C=O) groups excluding carboxylic acids is 2. The minimum atomic E-state index is -0.916. The predicted octanol–water partition coefficient (Wildman–Crippen LogP) is 3.27. The highest BCUT2D eigenvalue weighted by Crippen LogP contribution is 2.42. The largest absolute Gasteiger partial charge is 0.455 e. The number of benzene rings is 1. The SMILES string of the molecule is CC(C)CC(NC(=O)OCc1ccccc1)C(=O)OC1C(C2COC(C)(C)O2)OC2OC(C)(C)OC21. The first kappa shape index (κ1) is 26.8. The second-order valence-corrected chi connectivity index (χ2v) is 10.7. The lowest BCUT2D eigenvalue weighted by molar-refractivity contribution is -0.235. The Hall–Kier alpha value is -2.24. The Bertz CT molecular complexity index is 919. The van der Waals surface area contributed by atoms with Crippen molar-refractivity contribution in [2.45, 2.75) is 103 Å². The van der Waals surface area contributed by atoms with Crippen LogP contribution in [0.2, 0.25) is 0 Å². The molecular weight excluding hydrogens is 470 g/mol. The van der Waals surface area contributed by atoms with Gasteiger partial charge in [0.15, 0.2) is 30.1 Å². The molecule has 3 fully saturated rings. The molecule has 1 amide bonds. The van der Waals surface area contributed by atoms with E-state index in [-0.39, 0.29) is 19.1 Å². The lowest BCUT2D eigenvalue weighted by Crippen LogP contribution is -2.49. The average Bonchev–Trinajstić information content (AvgIpc) is 3.41. The van der Waals surface area contributed by atoms with E-state index in [4.69, 9.17) is 33.2 Å². The quantitative estimate of drug-likeness (QED) is 0.530. The third-order valence-corrected chi connectivity index (χ3v) is 6.17. The molecular formula is C26H37NO9. The van der Waals surface area contributed by atoms with Crippen molar-refractivity contribution in [2.75, 3.05) is 6.61 Å². The molecule has 3 saturated heterocycles. The van der Waals surface area contributed by atoms with Crippen molar-refractivity contribution in [1.29, 1.82) is 0 Å². The van der Waals surface area contributed by atoms with Gasteiger partial charge in [0.1, 0.15) is 24.9 Å². The third-order valence-electron chi connectivity index (χ3n) is 6.17. The molecule has 6 atom stereocenters. The molecule has 6 unspecified atom stereocenters. The molecule has 0 spiro atoms. The predicted molar refractivity (Wildman–Crippen MR) is 126 cm³/mol. The second-order valence-electron chi connectivity index (χ2n) is 10.7. The summed E-state index contributed by atoms with van der Waals surface area (Å²) in [6, 6.07) is 8.39. The molecule has 0 bridgehead atoms. The van der Waals surface area contributed by atoms with E-state index in [1.807, 2.05) is 58.0 Å². The maximum Gasteiger partial charge on any atom is 0.408 e. The van der Waals surface area contributed by atoms with Crippen molar-refractivity contribution in [3.8, 4) is 0 Å². The molecule has 36 heavy (non-hydrogen) atoms.